The summed E-state index contributed by atoms with van der Waals surface area (Å²) in [5, 5.41) is -0.407. The van der Waals surface area contributed by atoms with Crippen molar-refractivity contribution in [3.05, 3.63) is 35.4 Å². The Balaban J connectivity index is 2.12. The zero-order valence-electron chi connectivity index (χ0n) is 8.76. The quantitative estimate of drug-likeness (QED) is 0.721. The molecular weight excluding hydrogens is 234 g/mol. The number of rotatable bonds is 2. The van der Waals surface area contributed by atoms with Crippen LogP contribution in [0.1, 0.15) is 30.2 Å². The fourth-order valence-corrected chi connectivity index (χ4v) is 2.23. The Labute approximate surface area is 98.4 Å². The Morgan fingerprint density at radius 1 is 1.25 bits per heavy atom. The minimum absolute atomic E-state index is 0.0970. The molecule has 1 aromatic carbocycles. The van der Waals surface area contributed by atoms with Crippen LogP contribution in [0.4, 0.5) is 8.78 Å². The molecule has 0 radical (unpaired) electrons. The Morgan fingerprint density at radius 2 is 2.06 bits per heavy atom. The van der Waals surface area contributed by atoms with E-state index in [0.29, 0.717) is 12.2 Å². The van der Waals surface area contributed by atoms with Gasteiger partial charge in [-0.1, -0.05) is 6.07 Å². The highest BCUT2D eigenvalue weighted by molar-refractivity contribution is 6.21. The van der Waals surface area contributed by atoms with E-state index in [1.54, 1.807) is 0 Å². The van der Waals surface area contributed by atoms with Crippen molar-refractivity contribution in [3.63, 3.8) is 0 Å². The molecule has 0 spiro atoms. The van der Waals surface area contributed by atoms with Crippen molar-refractivity contribution in [2.24, 2.45) is 0 Å². The van der Waals surface area contributed by atoms with Gasteiger partial charge in [-0.15, -0.1) is 11.6 Å². The van der Waals surface area contributed by atoms with Gasteiger partial charge in [-0.3, -0.25) is 0 Å². The summed E-state index contributed by atoms with van der Waals surface area (Å²) in [5.74, 6) is -1.71. The molecule has 1 nitrogen and oxygen atoms in total. The molecule has 2 atom stereocenters. The lowest BCUT2D eigenvalue weighted by Gasteiger charge is -2.26. The maximum atomic E-state index is 13.0. The van der Waals surface area contributed by atoms with Crippen LogP contribution in [0.2, 0.25) is 0 Å². The second kappa shape index (κ2) is 5.11. The Bertz CT molecular complexity index is 364. The fourth-order valence-electron chi connectivity index (χ4n) is 1.90. The highest BCUT2D eigenvalue weighted by Gasteiger charge is 2.24. The molecule has 1 saturated heterocycles. The van der Waals surface area contributed by atoms with Crippen LogP contribution in [0.5, 0.6) is 0 Å². The Hall–Kier alpha value is -0.670. The summed E-state index contributed by atoms with van der Waals surface area (Å²) in [7, 11) is 0. The zero-order chi connectivity index (χ0) is 11.5. The summed E-state index contributed by atoms with van der Waals surface area (Å²) in [6.45, 7) is 0.692. The molecule has 88 valence electrons. The van der Waals surface area contributed by atoms with Crippen molar-refractivity contribution in [1.82, 2.24) is 0 Å². The van der Waals surface area contributed by atoms with Crippen LogP contribution >= 0.6 is 11.6 Å². The van der Waals surface area contributed by atoms with E-state index in [1.165, 1.54) is 6.07 Å². The van der Waals surface area contributed by atoms with E-state index in [1.807, 2.05) is 0 Å². The summed E-state index contributed by atoms with van der Waals surface area (Å²) in [4.78, 5) is 0. The minimum Gasteiger partial charge on any atom is -0.376 e. The molecule has 2 unspecified atom stereocenters. The van der Waals surface area contributed by atoms with Crippen molar-refractivity contribution >= 4 is 11.6 Å². The molecule has 0 amide bonds. The van der Waals surface area contributed by atoms with Gasteiger partial charge in [0.05, 0.1) is 11.5 Å². The molecular formula is C12H13ClF2O. The first-order chi connectivity index (χ1) is 7.68. The van der Waals surface area contributed by atoms with Gasteiger partial charge in [-0.25, -0.2) is 8.78 Å². The summed E-state index contributed by atoms with van der Waals surface area (Å²) in [5.41, 5.74) is 0.576. The van der Waals surface area contributed by atoms with Gasteiger partial charge in [-0.2, -0.15) is 0 Å². The third-order valence-electron chi connectivity index (χ3n) is 2.80. The number of ether oxygens (including phenoxy) is 1. The Kier molecular flexibility index (Phi) is 3.77. The van der Waals surface area contributed by atoms with Crippen molar-refractivity contribution < 1.29 is 13.5 Å². The largest absolute Gasteiger partial charge is 0.376 e. The van der Waals surface area contributed by atoms with Crippen molar-refractivity contribution in [1.29, 1.82) is 0 Å². The predicted octanol–water partition coefficient (Wildman–Crippen LogP) is 3.81. The number of hydrogen-bond acceptors (Lipinski definition) is 1. The monoisotopic (exact) mass is 246 g/mol. The van der Waals surface area contributed by atoms with Gasteiger partial charge < -0.3 is 4.74 Å². The molecule has 0 aromatic heterocycles. The number of alkyl halides is 1. The summed E-state index contributed by atoms with van der Waals surface area (Å²) < 4.78 is 31.3. The molecule has 4 heteroatoms. The van der Waals surface area contributed by atoms with E-state index in [0.717, 1.165) is 31.4 Å². The molecule has 0 N–H and O–H groups in total. The van der Waals surface area contributed by atoms with Crippen LogP contribution in [-0.4, -0.2) is 12.7 Å². The number of halogens is 3. The van der Waals surface area contributed by atoms with Crippen LogP contribution < -0.4 is 0 Å². The smallest absolute Gasteiger partial charge is 0.159 e. The van der Waals surface area contributed by atoms with E-state index < -0.39 is 17.0 Å². The maximum Gasteiger partial charge on any atom is 0.159 e. The highest BCUT2D eigenvalue weighted by atomic mass is 35.5. The minimum atomic E-state index is -0.862. The molecule has 0 bridgehead atoms. The molecule has 0 aliphatic carbocycles. The molecule has 1 fully saturated rings. The van der Waals surface area contributed by atoms with Gasteiger partial charge in [0.1, 0.15) is 0 Å². The van der Waals surface area contributed by atoms with Crippen LogP contribution in [0.25, 0.3) is 0 Å². The second-order valence-corrected chi connectivity index (χ2v) is 4.45. The van der Waals surface area contributed by atoms with Gasteiger partial charge in [0.15, 0.2) is 11.6 Å². The average Bonchev–Trinajstić information content (AvgIpc) is 2.33. The number of hydrogen-bond donors (Lipinski definition) is 0. The summed E-state index contributed by atoms with van der Waals surface area (Å²) >= 11 is 6.20. The molecule has 1 aromatic rings. The van der Waals surface area contributed by atoms with E-state index in [4.69, 9.17) is 16.3 Å². The van der Waals surface area contributed by atoms with Crippen LogP contribution in [0.15, 0.2) is 18.2 Å². The average molecular weight is 247 g/mol. The van der Waals surface area contributed by atoms with Gasteiger partial charge in [0.25, 0.3) is 0 Å². The Morgan fingerprint density at radius 3 is 2.69 bits per heavy atom. The summed E-state index contributed by atoms with van der Waals surface area (Å²) in [6.07, 6.45) is 2.88. The lowest BCUT2D eigenvalue weighted by Crippen LogP contribution is -2.23. The molecule has 1 heterocycles. The van der Waals surface area contributed by atoms with E-state index in [9.17, 15) is 8.78 Å². The van der Waals surface area contributed by atoms with Gasteiger partial charge in [-0.05, 0) is 37.0 Å². The number of benzene rings is 1. The van der Waals surface area contributed by atoms with Crippen LogP contribution in [0, 0.1) is 11.6 Å². The van der Waals surface area contributed by atoms with E-state index in [2.05, 4.69) is 0 Å². The molecule has 1 aliphatic heterocycles. The van der Waals surface area contributed by atoms with Crippen molar-refractivity contribution in [2.75, 3.05) is 6.61 Å². The second-order valence-electron chi connectivity index (χ2n) is 3.98. The van der Waals surface area contributed by atoms with Gasteiger partial charge >= 0.3 is 0 Å². The van der Waals surface area contributed by atoms with Crippen molar-refractivity contribution in [3.8, 4) is 0 Å². The SMILES string of the molecule is Fc1ccc(C(Cl)C2CCCCO2)cc1F. The molecule has 0 saturated carbocycles. The molecule has 1 aliphatic rings. The third kappa shape index (κ3) is 2.53. The first-order valence-corrected chi connectivity index (χ1v) is 5.83. The summed E-state index contributed by atoms with van der Waals surface area (Å²) in [6, 6.07) is 3.75. The van der Waals surface area contributed by atoms with Crippen LogP contribution in [0.3, 0.4) is 0 Å². The predicted molar refractivity (Wildman–Crippen MR) is 58.5 cm³/mol. The normalized spacial score (nSPS) is 23.1. The molecule has 2 rings (SSSR count). The first kappa shape index (κ1) is 11.8. The van der Waals surface area contributed by atoms with E-state index >= 15 is 0 Å². The first-order valence-electron chi connectivity index (χ1n) is 5.39. The molecule has 16 heavy (non-hydrogen) atoms. The lowest BCUT2D eigenvalue weighted by molar-refractivity contribution is 0.0135. The van der Waals surface area contributed by atoms with Crippen LogP contribution in [-0.2, 0) is 4.74 Å². The highest BCUT2D eigenvalue weighted by Crippen LogP contribution is 2.32. The van der Waals surface area contributed by atoms with Gasteiger partial charge in [0, 0.05) is 6.61 Å². The van der Waals surface area contributed by atoms with Crippen molar-refractivity contribution in [2.45, 2.75) is 30.7 Å². The third-order valence-corrected chi connectivity index (χ3v) is 3.34. The lowest BCUT2D eigenvalue weighted by atomic mass is 10.0. The standard InChI is InChI=1S/C12H13ClF2O/c13-12(11-3-1-2-6-16-11)8-4-5-9(14)10(15)7-8/h4-5,7,11-12H,1-3,6H2. The van der Waals surface area contributed by atoms with Gasteiger partial charge in [0.2, 0.25) is 0 Å². The van der Waals surface area contributed by atoms with E-state index in [-0.39, 0.29) is 6.10 Å². The topological polar surface area (TPSA) is 9.23 Å². The maximum absolute atomic E-state index is 13.0. The zero-order valence-corrected chi connectivity index (χ0v) is 9.51. The fraction of sp³-hybridized carbons (Fsp3) is 0.500.